The van der Waals surface area contributed by atoms with Crippen LogP contribution in [0.15, 0.2) is 71.7 Å². The van der Waals surface area contributed by atoms with Gasteiger partial charge in [0, 0.05) is 53.1 Å². The third kappa shape index (κ3) is 3.49. The van der Waals surface area contributed by atoms with Crippen LogP contribution in [0.2, 0.25) is 0 Å². The molecule has 5 heterocycles. The van der Waals surface area contributed by atoms with Gasteiger partial charge in [0.05, 0.1) is 24.8 Å². The van der Waals surface area contributed by atoms with Gasteiger partial charge in [-0.1, -0.05) is 18.2 Å². The van der Waals surface area contributed by atoms with Crippen LogP contribution in [0, 0.1) is 6.92 Å². The zero-order valence-electron chi connectivity index (χ0n) is 19.1. The summed E-state index contributed by atoms with van der Waals surface area (Å²) in [4.78, 5) is 20.0. The van der Waals surface area contributed by atoms with Crippen molar-refractivity contribution in [1.29, 1.82) is 0 Å². The molecule has 0 unspecified atom stereocenters. The number of nitrogens with two attached hydrogens (primary N) is 1. The first-order chi connectivity index (χ1) is 16.6. The fourth-order valence-electron chi connectivity index (χ4n) is 5.06. The normalized spacial score (nSPS) is 16.5. The third-order valence-corrected chi connectivity index (χ3v) is 6.83. The Bertz CT molecular complexity index is 1490. The molecule has 1 amide bonds. The van der Waals surface area contributed by atoms with Gasteiger partial charge in [-0.2, -0.15) is 0 Å². The number of benzene rings is 1. The summed E-state index contributed by atoms with van der Waals surface area (Å²) in [6.45, 7) is 4.12. The number of nitrogens with zero attached hydrogens (tertiary/aromatic N) is 4. The van der Waals surface area contributed by atoms with Gasteiger partial charge < -0.3 is 24.0 Å². The lowest BCUT2D eigenvalue weighted by Crippen LogP contribution is -2.45. The minimum Gasteiger partial charge on any atom is -0.472 e. The van der Waals surface area contributed by atoms with E-state index >= 15 is 0 Å². The lowest BCUT2D eigenvalue weighted by Gasteiger charge is -2.30. The molecule has 172 valence electrons. The molecule has 0 bridgehead atoms. The average molecular weight is 454 g/mol. The van der Waals surface area contributed by atoms with Crippen molar-refractivity contribution in [3.63, 3.8) is 0 Å². The van der Waals surface area contributed by atoms with Gasteiger partial charge in [-0.05, 0) is 50.1 Å². The number of carbonyl (C=O) groups excluding carboxylic acids is 1. The Hall–Kier alpha value is -3.84. The summed E-state index contributed by atoms with van der Waals surface area (Å²) < 4.78 is 9.63. The van der Waals surface area contributed by atoms with Crippen molar-refractivity contribution in [3.8, 4) is 11.4 Å². The van der Waals surface area contributed by atoms with E-state index in [4.69, 9.17) is 15.1 Å². The molecule has 1 saturated heterocycles. The highest BCUT2D eigenvalue weighted by molar-refractivity contribution is 5.95. The van der Waals surface area contributed by atoms with E-state index in [1.807, 2.05) is 33.7 Å². The van der Waals surface area contributed by atoms with Gasteiger partial charge >= 0.3 is 0 Å². The SMILES string of the molecule is Cc1c(-c2cc3ccccc3n2Cc2ccoc2)nc2cc(C(=O)N3CCC[C@@H](N)C3)ccn12. The van der Waals surface area contributed by atoms with E-state index in [1.54, 1.807) is 12.5 Å². The molecule has 1 atom stereocenters. The number of fused-ring (bicyclic) bond motifs is 2. The van der Waals surface area contributed by atoms with E-state index in [-0.39, 0.29) is 11.9 Å². The van der Waals surface area contributed by atoms with Crippen LogP contribution in [0.4, 0.5) is 0 Å². The first kappa shape index (κ1) is 20.7. The highest BCUT2D eigenvalue weighted by atomic mass is 16.3. The van der Waals surface area contributed by atoms with Gasteiger partial charge in [0.25, 0.3) is 5.91 Å². The Morgan fingerprint density at radius 1 is 1.21 bits per heavy atom. The number of aromatic nitrogens is 3. The molecule has 0 spiro atoms. The summed E-state index contributed by atoms with van der Waals surface area (Å²) in [5.74, 6) is 0.0222. The fraction of sp³-hybridized carbons (Fsp3) is 0.259. The lowest BCUT2D eigenvalue weighted by molar-refractivity contribution is 0.0709. The number of pyridine rings is 1. The van der Waals surface area contributed by atoms with Crippen molar-refractivity contribution < 1.29 is 9.21 Å². The summed E-state index contributed by atoms with van der Waals surface area (Å²) in [5.41, 5.74) is 12.7. The Kier molecular flexibility index (Phi) is 4.99. The molecule has 34 heavy (non-hydrogen) atoms. The predicted molar refractivity (Wildman–Crippen MR) is 132 cm³/mol. The zero-order chi connectivity index (χ0) is 23.2. The largest absolute Gasteiger partial charge is 0.472 e. The Labute approximate surface area is 197 Å². The third-order valence-electron chi connectivity index (χ3n) is 6.83. The number of carbonyl (C=O) groups is 1. The summed E-state index contributed by atoms with van der Waals surface area (Å²) in [5, 5.41) is 1.16. The highest BCUT2D eigenvalue weighted by Crippen LogP contribution is 2.31. The van der Waals surface area contributed by atoms with Crippen molar-refractivity contribution in [2.24, 2.45) is 5.73 Å². The molecule has 4 aromatic heterocycles. The molecular weight excluding hydrogens is 426 g/mol. The molecule has 1 aromatic carbocycles. The number of amides is 1. The van der Waals surface area contributed by atoms with Gasteiger partial charge in [0.2, 0.25) is 0 Å². The number of hydrogen-bond donors (Lipinski definition) is 1. The number of rotatable bonds is 4. The quantitative estimate of drug-likeness (QED) is 0.435. The molecule has 7 nitrogen and oxygen atoms in total. The first-order valence-electron chi connectivity index (χ1n) is 11.7. The van der Waals surface area contributed by atoms with E-state index in [1.165, 1.54) is 0 Å². The minimum atomic E-state index is 0.0222. The van der Waals surface area contributed by atoms with E-state index in [9.17, 15) is 4.79 Å². The molecule has 0 aliphatic carbocycles. The molecular formula is C27H27N5O2. The van der Waals surface area contributed by atoms with Crippen LogP contribution in [-0.4, -0.2) is 43.9 Å². The van der Waals surface area contributed by atoms with Crippen molar-refractivity contribution in [1.82, 2.24) is 18.9 Å². The van der Waals surface area contributed by atoms with Gasteiger partial charge in [-0.25, -0.2) is 4.98 Å². The fourth-order valence-corrected chi connectivity index (χ4v) is 5.06. The molecule has 6 rings (SSSR count). The van der Waals surface area contributed by atoms with E-state index in [0.717, 1.165) is 58.6 Å². The van der Waals surface area contributed by atoms with Gasteiger partial charge in [0.15, 0.2) is 0 Å². The monoisotopic (exact) mass is 453 g/mol. The maximum absolute atomic E-state index is 13.1. The van der Waals surface area contributed by atoms with Crippen LogP contribution in [0.1, 0.15) is 34.5 Å². The smallest absolute Gasteiger partial charge is 0.254 e. The molecule has 1 aliphatic heterocycles. The van der Waals surface area contributed by atoms with Gasteiger partial charge in [-0.15, -0.1) is 0 Å². The first-order valence-corrected chi connectivity index (χ1v) is 11.7. The molecule has 0 saturated carbocycles. The molecule has 1 fully saturated rings. The van der Waals surface area contributed by atoms with E-state index < -0.39 is 0 Å². The number of aryl methyl sites for hydroxylation is 1. The lowest BCUT2D eigenvalue weighted by atomic mass is 10.1. The molecule has 5 aromatic rings. The van der Waals surface area contributed by atoms with Crippen molar-refractivity contribution in [3.05, 3.63) is 84.1 Å². The summed E-state index contributed by atoms with van der Waals surface area (Å²) in [6.07, 6.45) is 7.34. The van der Waals surface area contributed by atoms with Crippen LogP contribution in [-0.2, 0) is 6.54 Å². The molecule has 7 heteroatoms. The highest BCUT2D eigenvalue weighted by Gasteiger charge is 2.24. The van der Waals surface area contributed by atoms with Gasteiger partial charge in [0.1, 0.15) is 11.3 Å². The number of para-hydroxylation sites is 1. The maximum atomic E-state index is 13.1. The number of likely N-dealkylation sites (tertiary alicyclic amines) is 1. The van der Waals surface area contributed by atoms with Crippen molar-refractivity contribution >= 4 is 22.5 Å². The second-order valence-corrected chi connectivity index (χ2v) is 9.15. The number of imidazole rings is 1. The van der Waals surface area contributed by atoms with Crippen LogP contribution in [0.3, 0.4) is 0 Å². The Balaban J connectivity index is 1.43. The van der Waals surface area contributed by atoms with E-state index in [2.05, 4.69) is 41.8 Å². The molecule has 1 aliphatic rings. The maximum Gasteiger partial charge on any atom is 0.254 e. The topological polar surface area (TPSA) is 81.7 Å². The summed E-state index contributed by atoms with van der Waals surface area (Å²) in [6, 6.07) is 16.4. The minimum absolute atomic E-state index is 0.0222. The summed E-state index contributed by atoms with van der Waals surface area (Å²) >= 11 is 0. The number of furan rings is 1. The van der Waals surface area contributed by atoms with Crippen LogP contribution in [0.5, 0.6) is 0 Å². The van der Waals surface area contributed by atoms with Crippen LogP contribution < -0.4 is 5.73 Å². The van der Waals surface area contributed by atoms with E-state index in [0.29, 0.717) is 18.7 Å². The standard InChI is InChI=1S/C27H27N5O2/c1-18-26(24-13-20-5-2-3-7-23(20)32(24)15-19-9-12-34-17-19)29-25-14-21(8-11-31(18)25)27(33)30-10-4-6-22(28)16-30/h2-3,5,7-9,11-14,17,22H,4,6,10,15-16,28H2,1H3/t22-/m1/s1. The summed E-state index contributed by atoms with van der Waals surface area (Å²) in [7, 11) is 0. The van der Waals surface area contributed by atoms with Crippen LogP contribution >= 0.6 is 0 Å². The van der Waals surface area contributed by atoms with Gasteiger partial charge in [-0.3, -0.25) is 4.79 Å². The van der Waals surface area contributed by atoms with Crippen molar-refractivity contribution in [2.75, 3.05) is 13.1 Å². The van der Waals surface area contributed by atoms with Crippen molar-refractivity contribution in [2.45, 2.75) is 32.4 Å². The molecule has 0 radical (unpaired) electrons. The Morgan fingerprint density at radius 2 is 2.09 bits per heavy atom. The number of hydrogen-bond acceptors (Lipinski definition) is 4. The second kappa shape index (κ2) is 8.18. The Morgan fingerprint density at radius 3 is 2.91 bits per heavy atom. The zero-order valence-corrected chi connectivity index (χ0v) is 19.1. The predicted octanol–water partition coefficient (Wildman–Crippen LogP) is 4.47. The number of piperidine rings is 1. The molecule has 2 N–H and O–H groups in total. The average Bonchev–Trinajstić information content (AvgIpc) is 3.57. The second-order valence-electron chi connectivity index (χ2n) is 9.15. The van der Waals surface area contributed by atoms with Crippen LogP contribution in [0.25, 0.3) is 27.9 Å².